The number of nitrogens with zero attached hydrogens (tertiary/aromatic N) is 1. The zero-order valence-electron chi connectivity index (χ0n) is 15.2. The molecule has 148 valence electrons. The fraction of sp³-hybridized carbons (Fsp3) is 0.500. The molecule has 1 aromatic carbocycles. The monoisotopic (exact) mass is 395 g/mol. The van der Waals surface area contributed by atoms with Gasteiger partial charge < -0.3 is 19.8 Å². The molecule has 0 saturated carbocycles. The van der Waals surface area contributed by atoms with Gasteiger partial charge in [-0.15, -0.1) is 0 Å². The minimum Gasteiger partial charge on any atom is -0.480 e. The SMILES string of the molecule is O=C(O)COCCCCN1C(=O)CCC1C=C[C@H](O)Cc1cccc(Cl)c1. The fourth-order valence-electron chi connectivity index (χ4n) is 3.12. The summed E-state index contributed by atoms with van der Waals surface area (Å²) in [4.78, 5) is 24.3. The van der Waals surface area contributed by atoms with Crippen LogP contribution in [0.3, 0.4) is 0 Å². The molecule has 0 radical (unpaired) electrons. The summed E-state index contributed by atoms with van der Waals surface area (Å²) in [7, 11) is 0. The van der Waals surface area contributed by atoms with E-state index in [0.29, 0.717) is 37.4 Å². The third-order valence-corrected chi connectivity index (χ3v) is 4.66. The number of rotatable bonds is 11. The molecule has 1 unspecified atom stereocenters. The van der Waals surface area contributed by atoms with Crippen molar-refractivity contribution in [2.45, 2.75) is 44.2 Å². The van der Waals surface area contributed by atoms with Gasteiger partial charge in [-0.05, 0) is 37.0 Å². The first-order valence-corrected chi connectivity index (χ1v) is 9.53. The van der Waals surface area contributed by atoms with Crippen LogP contribution in [0.25, 0.3) is 0 Å². The van der Waals surface area contributed by atoms with Gasteiger partial charge in [-0.1, -0.05) is 35.9 Å². The van der Waals surface area contributed by atoms with Crippen molar-refractivity contribution >= 4 is 23.5 Å². The summed E-state index contributed by atoms with van der Waals surface area (Å²) in [6, 6.07) is 7.39. The van der Waals surface area contributed by atoms with Gasteiger partial charge in [0.25, 0.3) is 0 Å². The molecule has 0 spiro atoms. The molecular weight excluding hydrogens is 370 g/mol. The lowest BCUT2D eigenvalue weighted by Gasteiger charge is -2.22. The van der Waals surface area contributed by atoms with Gasteiger partial charge in [0.15, 0.2) is 0 Å². The van der Waals surface area contributed by atoms with E-state index < -0.39 is 12.1 Å². The Hall–Kier alpha value is -1.89. The maximum absolute atomic E-state index is 12.1. The van der Waals surface area contributed by atoms with Crippen LogP contribution in [0.4, 0.5) is 0 Å². The Morgan fingerprint density at radius 3 is 2.96 bits per heavy atom. The molecule has 2 N–H and O–H groups in total. The molecular formula is C20H26ClNO5. The highest BCUT2D eigenvalue weighted by Gasteiger charge is 2.28. The van der Waals surface area contributed by atoms with Crippen LogP contribution in [0.2, 0.25) is 5.02 Å². The Morgan fingerprint density at radius 2 is 2.22 bits per heavy atom. The minimum atomic E-state index is -0.980. The number of aliphatic carboxylic acids is 1. The van der Waals surface area contributed by atoms with Crippen LogP contribution in [-0.2, 0) is 20.7 Å². The number of ether oxygens (including phenoxy) is 1. The smallest absolute Gasteiger partial charge is 0.329 e. The second-order valence-electron chi connectivity index (χ2n) is 6.63. The van der Waals surface area contributed by atoms with Crippen LogP contribution in [-0.4, -0.2) is 58.9 Å². The van der Waals surface area contributed by atoms with Crippen LogP contribution < -0.4 is 0 Å². The zero-order valence-corrected chi connectivity index (χ0v) is 16.0. The Bertz CT molecular complexity index is 664. The number of carboxylic acids is 1. The highest BCUT2D eigenvalue weighted by molar-refractivity contribution is 6.30. The van der Waals surface area contributed by atoms with E-state index in [4.69, 9.17) is 21.4 Å². The van der Waals surface area contributed by atoms with Gasteiger partial charge in [0.05, 0.1) is 12.1 Å². The summed E-state index contributed by atoms with van der Waals surface area (Å²) in [5.41, 5.74) is 0.959. The summed E-state index contributed by atoms with van der Waals surface area (Å²) in [6.07, 6.45) is 6.19. The van der Waals surface area contributed by atoms with Gasteiger partial charge in [-0.25, -0.2) is 4.79 Å². The van der Waals surface area contributed by atoms with Gasteiger partial charge in [-0.3, -0.25) is 4.79 Å². The number of aliphatic hydroxyl groups excluding tert-OH is 1. The van der Waals surface area contributed by atoms with E-state index in [0.717, 1.165) is 18.4 Å². The number of aliphatic hydroxyl groups is 1. The average molecular weight is 396 g/mol. The van der Waals surface area contributed by atoms with Crippen LogP contribution >= 0.6 is 11.6 Å². The molecule has 1 aliphatic rings. The Morgan fingerprint density at radius 1 is 1.41 bits per heavy atom. The predicted molar refractivity (Wildman–Crippen MR) is 103 cm³/mol. The molecule has 0 aromatic heterocycles. The number of unbranched alkanes of at least 4 members (excludes halogenated alkanes) is 1. The standard InChI is InChI=1S/C20H26ClNO5/c21-16-5-3-4-15(12-16)13-18(23)8-6-17-7-9-19(24)22(17)10-1-2-11-27-14-20(25)26/h3-6,8,12,17-18,23H,1-2,7,9-11,13-14H2,(H,25,26)/t17?,18-/m0/s1. The molecule has 6 nitrogen and oxygen atoms in total. The first-order valence-electron chi connectivity index (χ1n) is 9.15. The summed E-state index contributed by atoms with van der Waals surface area (Å²) in [5.74, 6) is -0.869. The van der Waals surface area contributed by atoms with Crippen LogP contribution in [0.5, 0.6) is 0 Å². The number of hydrogen-bond donors (Lipinski definition) is 2. The highest BCUT2D eigenvalue weighted by atomic mass is 35.5. The number of amides is 1. The second kappa shape index (κ2) is 11.1. The average Bonchev–Trinajstić information content (AvgIpc) is 2.96. The van der Waals surface area contributed by atoms with Gasteiger partial charge in [0.1, 0.15) is 6.61 Å². The van der Waals surface area contributed by atoms with Crippen molar-refractivity contribution < 1.29 is 24.5 Å². The van der Waals surface area contributed by atoms with Crippen LogP contribution in [0, 0.1) is 0 Å². The number of carbonyl (C=O) groups excluding carboxylic acids is 1. The third-order valence-electron chi connectivity index (χ3n) is 4.43. The Kier molecular flexibility index (Phi) is 8.78. The lowest BCUT2D eigenvalue weighted by atomic mass is 10.1. The Balaban J connectivity index is 1.77. The number of hydrogen-bond acceptors (Lipinski definition) is 4. The van der Waals surface area contributed by atoms with Crippen LogP contribution in [0.15, 0.2) is 36.4 Å². The van der Waals surface area contributed by atoms with Gasteiger partial charge in [0, 0.05) is 31.0 Å². The van der Waals surface area contributed by atoms with E-state index >= 15 is 0 Å². The maximum atomic E-state index is 12.1. The predicted octanol–water partition coefficient (Wildman–Crippen LogP) is 2.67. The molecule has 1 aromatic rings. The summed E-state index contributed by atoms with van der Waals surface area (Å²) in [6.45, 7) is 0.681. The van der Waals surface area contributed by atoms with Gasteiger partial charge in [0.2, 0.25) is 5.91 Å². The van der Waals surface area contributed by atoms with E-state index in [-0.39, 0.29) is 18.6 Å². The first kappa shape index (κ1) is 21.4. The molecule has 2 atom stereocenters. The van der Waals surface area contributed by atoms with E-state index in [1.54, 1.807) is 12.1 Å². The van der Waals surface area contributed by atoms with Crippen molar-refractivity contribution in [2.24, 2.45) is 0 Å². The third kappa shape index (κ3) is 7.71. The molecule has 2 rings (SSSR count). The van der Waals surface area contributed by atoms with Crippen LogP contribution in [0.1, 0.15) is 31.2 Å². The zero-order chi connectivity index (χ0) is 19.6. The molecule has 1 saturated heterocycles. The molecule has 0 bridgehead atoms. The molecule has 0 aliphatic carbocycles. The quantitative estimate of drug-likeness (QED) is 0.444. The van der Waals surface area contributed by atoms with Crippen molar-refractivity contribution in [1.82, 2.24) is 4.90 Å². The van der Waals surface area contributed by atoms with E-state index in [1.807, 2.05) is 29.2 Å². The summed E-state index contributed by atoms with van der Waals surface area (Å²) in [5, 5.41) is 19.4. The van der Waals surface area contributed by atoms with Gasteiger partial charge in [-0.2, -0.15) is 0 Å². The molecule has 7 heteroatoms. The topological polar surface area (TPSA) is 87.1 Å². The van der Waals surface area contributed by atoms with E-state index in [1.165, 1.54) is 0 Å². The molecule has 1 heterocycles. The summed E-state index contributed by atoms with van der Waals surface area (Å²) < 4.78 is 5.00. The molecule has 1 amide bonds. The Labute approximate surface area is 164 Å². The fourth-order valence-corrected chi connectivity index (χ4v) is 3.34. The van der Waals surface area contributed by atoms with Crippen molar-refractivity contribution in [3.05, 3.63) is 47.0 Å². The van der Waals surface area contributed by atoms with Crippen molar-refractivity contribution in [3.63, 3.8) is 0 Å². The first-order chi connectivity index (χ1) is 13.0. The second-order valence-corrected chi connectivity index (χ2v) is 7.07. The van der Waals surface area contributed by atoms with Gasteiger partial charge >= 0.3 is 5.97 Å². The number of benzene rings is 1. The molecule has 1 fully saturated rings. The summed E-state index contributed by atoms with van der Waals surface area (Å²) >= 11 is 5.96. The number of carboxylic acid groups (broad SMARTS) is 1. The number of likely N-dealkylation sites (tertiary alicyclic amines) is 1. The van der Waals surface area contributed by atoms with E-state index in [2.05, 4.69) is 0 Å². The molecule has 27 heavy (non-hydrogen) atoms. The lowest BCUT2D eigenvalue weighted by Crippen LogP contribution is -2.33. The lowest BCUT2D eigenvalue weighted by molar-refractivity contribution is -0.142. The largest absolute Gasteiger partial charge is 0.480 e. The normalized spacial score (nSPS) is 18.4. The number of carbonyl (C=O) groups is 2. The van der Waals surface area contributed by atoms with Crippen molar-refractivity contribution in [1.29, 1.82) is 0 Å². The van der Waals surface area contributed by atoms with E-state index in [9.17, 15) is 14.7 Å². The number of halogens is 1. The minimum absolute atomic E-state index is 0.00792. The van der Waals surface area contributed by atoms with Crippen molar-refractivity contribution in [2.75, 3.05) is 19.8 Å². The van der Waals surface area contributed by atoms with Crippen molar-refractivity contribution in [3.8, 4) is 0 Å². The highest BCUT2D eigenvalue weighted by Crippen LogP contribution is 2.21. The molecule has 1 aliphatic heterocycles. The maximum Gasteiger partial charge on any atom is 0.329 e.